The summed E-state index contributed by atoms with van der Waals surface area (Å²) in [6.07, 6.45) is 3.76. The molecule has 3 aromatic rings. The third kappa shape index (κ3) is 4.12. The largest absolute Gasteiger partial charge is 0.489 e. The first-order valence-electron chi connectivity index (χ1n) is 10.0. The molecule has 1 fully saturated rings. The molecule has 1 N–H and O–H groups in total. The van der Waals surface area contributed by atoms with E-state index in [1.165, 1.54) is 18.3 Å². The van der Waals surface area contributed by atoms with E-state index < -0.39 is 11.3 Å². The Morgan fingerprint density at radius 1 is 1.42 bits per heavy atom. The lowest BCUT2D eigenvalue weighted by Crippen LogP contribution is -2.27. The average Bonchev–Trinajstić information content (AvgIpc) is 3.41. The number of halogens is 1. The number of hydrogen-bond acceptors (Lipinski definition) is 5. The molecule has 1 aliphatic carbocycles. The second kappa shape index (κ2) is 8.19. The molecule has 7 nitrogen and oxygen atoms in total. The van der Waals surface area contributed by atoms with Crippen LogP contribution in [0.25, 0.3) is 0 Å². The van der Waals surface area contributed by atoms with Crippen LogP contribution in [0.3, 0.4) is 0 Å². The van der Waals surface area contributed by atoms with Crippen LogP contribution < -0.4 is 10.1 Å². The van der Waals surface area contributed by atoms with E-state index >= 15 is 0 Å². The van der Waals surface area contributed by atoms with Crippen molar-refractivity contribution in [3.63, 3.8) is 0 Å². The molecule has 1 saturated carbocycles. The molecule has 8 heteroatoms. The summed E-state index contributed by atoms with van der Waals surface area (Å²) in [4.78, 5) is 17.0. The van der Waals surface area contributed by atoms with Gasteiger partial charge in [0.2, 0.25) is 5.91 Å². The molecular formula is C23H22FN5O2. The number of nitriles is 1. The smallest absolute Gasteiger partial charge is 0.229 e. The van der Waals surface area contributed by atoms with Gasteiger partial charge in [-0.3, -0.25) is 9.48 Å². The van der Waals surface area contributed by atoms with Gasteiger partial charge < -0.3 is 10.1 Å². The maximum atomic E-state index is 14.0. The third-order valence-corrected chi connectivity index (χ3v) is 5.65. The quantitative estimate of drug-likeness (QED) is 0.632. The first-order valence-corrected chi connectivity index (χ1v) is 10.0. The molecule has 1 aromatic carbocycles. The van der Waals surface area contributed by atoms with Gasteiger partial charge in [-0.1, -0.05) is 12.1 Å². The fraction of sp³-hybridized carbons (Fsp3) is 0.304. The molecule has 1 aliphatic rings. The van der Waals surface area contributed by atoms with E-state index in [2.05, 4.69) is 15.4 Å². The summed E-state index contributed by atoms with van der Waals surface area (Å²) < 4.78 is 21.8. The van der Waals surface area contributed by atoms with Crippen LogP contribution in [0.15, 0.2) is 48.8 Å². The van der Waals surface area contributed by atoms with Gasteiger partial charge in [-0.25, -0.2) is 9.37 Å². The molecule has 31 heavy (non-hydrogen) atoms. The molecule has 2 heterocycles. The summed E-state index contributed by atoms with van der Waals surface area (Å²) in [5, 5.41) is 16.1. The number of aryl methyl sites for hydroxylation is 2. The van der Waals surface area contributed by atoms with Gasteiger partial charge in [0, 0.05) is 18.2 Å². The van der Waals surface area contributed by atoms with E-state index in [-0.39, 0.29) is 18.3 Å². The fourth-order valence-electron chi connectivity index (χ4n) is 3.77. The molecule has 1 amide bonds. The van der Waals surface area contributed by atoms with Crippen molar-refractivity contribution in [2.24, 2.45) is 5.92 Å². The van der Waals surface area contributed by atoms with Gasteiger partial charge in [0.1, 0.15) is 23.4 Å². The third-order valence-electron chi connectivity index (χ3n) is 5.65. The highest BCUT2D eigenvalue weighted by molar-refractivity contribution is 5.95. The Labute approximate surface area is 179 Å². The van der Waals surface area contributed by atoms with Crippen LogP contribution in [0.4, 0.5) is 10.2 Å². The molecule has 2 aromatic heterocycles. The number of carbonyl (C=O) groups excluding carboxylic acids is 1. The minimum atomic E-state index is -0.639. The lowest BCUT2D eigenvalue weighted by atomic mass is 9.93. The van der Waals surface area contributed by atoms with Gasteiger partial charge in [-0.15, -0.1) is 0 Å². The van der Waals surface area contributed by atoms with E-state index in [0.29, 0.717) is 23.6 Å². The van der Waals surface area contributed by atoms with Gasteiger partial charge >= 0.3 is 0 Å². The van der Waals surface area contributed by atoms with Crippen LogP contribution in [-0.4, -0.2) is 27.3 Å². The van der Waals surface area contributed by atoms with Crippen LogP contribution in [0, 0.1) is 30.0 Å². The van der Waals surface area contributed by atoms with Gasteiger partial charge in [0.05, 0.1) is 24.3 Å². The number of ether oxygens (including phenoxy) is 1. The number of hydrogen-bond donors (Lipinski definition) is 1. The maximum Gasteiger partial charge on any atom is 0.229 e. The van der Waals surface area contributed by atoms with Gasteiger partial charge in [0.15, 0.2) is 5.75 Å². The lowest BCUT2D eigenvalue weighted by molar-refractivity contribution is -0.117. The zero-order chi connectivity index (χ0) is 22.0. The van der Waals surface area contributed by atoms with Crippen molar-refractivity contribution < 1.29 is 13.9 Å². The first kappa shape index (κ1) is 20.5. The Bertz CT molecular complexity index is 1150. The molecule has 0 saturated heterocycles. The molecule has 0 aliphatic heterocycles. The van der Waals surface area contributed by atoms with Crippen molar-refractivity contribution in [2.45, 2.75) is 32.2 Å². The summed E-state index contributed by atoms with van der Waals surface area (Å²) in [5.41, 5.74) is 1.26. The van der Waals surface area contributed by atoms with Crippen LogP contribution in [0.5, 0.6) is 5.75 Å². The average molecular weight is 419 g/mol. The predicted octanol–water partition coefficient (Wildman–Crippen LogP) is 3.59. The standard InChI is InChI=1S/C23H22FN5O2/c1-3-29-13-20(15(2)28-29)31-14-23(17-5-4-6-18(24)9-17)10-19(23)22(30)27-21-8-7-16(11-25)12-26-21/h4-9,12-13,19H,3,10,14H2,1-2H3,(H,26,27,30)/t19-,23+/m0/s1. The van der Waals surface area contributed by atoms with Crippen LogP contribution >= 0.6 is 0 Å². The van der Waals surface area contributed by atoms with Crippen molar-refractivity contribution in [1.82, 2.24) is 14.8 Å². The van der Waals surface area contributed by atoms with Crippen LogP contribution in [0.2, 0.25) is 0 Å². The molecule has 0 bridgehead atoms. The minimum Gasteiger partial charge on any atom is -0.489 e. The number of amides is 1. The van der Waals surface area contributed by atoms with Crippen molar-refractivity contribution >= 4 is 11.7 Å². The highest BCUT2D eigenvalue weighted by atomic mass is 19.1. The molecule has 4 rings (SSSR count). The van der Waals surface area contributed by atoms with Crippen molar-refractivity contribution in [3.05, 3.63) is 71.4 Å². The number of benzene rings is 1. The van der Waals surface area contributed by atoms with Crippen molar-refractivity contribution in [1.29, 1.82) is 5.26 Å². The summed E-state index contributed by atoms with van der Waals surface area (Å²) in [6, 6.07) is 11.5. The number of carbonyl (C=O) groups is 1. The molecule has 0 radical (unpaired) electrons. The summed E-state index contributed by atoms with van der Waals surface area (Å²) >= 11 is 0. The molecule has 0 spiro atoms. The van der Waals surface area contributed by atoms with Crippen molar-refractivity contribution in [3.8, 4) is 11.8 Å². The Balaban J connectivity index is 1.55. The number of nitrogens with zero attached hydrogens (tertiary/aromatic N) is 4. The maximum absolute atomic E-state index is 14.0. The zero-order valence-corrected chi connectivity index (χ0v) is 17.3. The summed E-state index contributed by atoms with van der Waals surface area (Å²) in [7, 11) is 0. The predicted molar refractivity (Wildman–Crippen MR) is 112 cm³/mol. The van der Waals surface area contributed by atoms with E-state index in [4.69, 9.17) is 10.00 Å². The number of aromatic nitrogens is 3. The molecule has 158 valence electrons. The van der Waals surface area contributed by atoms with E-state index in [1.807, 2.05) is 32.2 Å². The topological polar surface area (TPSA) is 92.8 Å². The van der Waals surface area contributed by atoms with E-state index in [1.54, 1.807) is 22.9 Å². The minimum absolute atomic E-state index is 0.217. The highest BCUT2D eigenvalue weighted by Crippen LogP contribution is 2.55. The summed E-state index contributed by atoms with van der Waals surface area (Å²) in [6.45, 7) is 4.81. The number of rotatable bonds is 7. The molecular weight excluding hydrogens is 397 g/mol. The second-order valence-electron chi connectivity index (χ2n) is 7.68. The van der Waals surface area contributed by atoms with Crippen molar-refractivity contribution in [2.75, 3.05) is 11.9 Å². The highest BCUT2D eigenvalue weighted by Gasteiger charge is 2.60. The Hall–Kier alpha value is -3.73. The SMILES string of the molecule is CCn1cc(OC[C@@]2(c3cccc(F)c3)C[C@H]2C(=O)Nc2ccc(C#N)cn2)c(C)n1. The second-order valence-corrected chi connectivity index (χ2v) is 7.68. The first-order chi connectivity index (χ1) is 14.9. The number of nitrogens with one attached hydrogen (secondary N) is 1. The van der Waals surface area contributed by atoms with Crippen LogP contribution in [-0.2, 0) is 16.8 Å². The molecule has 0 unspecified atom stereocenters. The summed E-state index contributed by atoms with van der Waals surface area (Å²) in [5.74, 6) is 0.0495. The van der Waals surface area contributed by atoms with Crippen LogP contribution in [0.1, 0.15) is 30.2 Å². The van der Waals surface area contributed by atoms with E-state index in [9.17, 15) is 9.18 Å². The number of anilines is 1. The normalized spacial score (nSPS) is 19.5. The Morgan fingerprint density at radius 2 is 2.26 bits per heavy atom. The van der Waals surface area contributed by atoms with Gasteiger partial charge in [-0.05, 0) is 50.1 Å². The zero-order valence-electron chi connectivity index (χ0n) is 17.3. The van der Waals surface area contributed by atoms with Gasteiger partial charge in [0.25, 0.3) is 0 Å². The Morgan fingerprint density at radius 3 is 2.90 bits per heavy atom. The number of pyridine rings is 1. The fourth-order valence-corrected chi connectivity index (χ4v) is 3.77. The lowest BCUT2D eigenvalue weighted by Gasteiger charge is -2.19. The molecule has 2 atom stereocenters. The Kier molecular flexibility index (Phi) is 5.42. The monoisotopic (exact) mass is 419 g/mol. The van der Waals surface area contributed by atoms with E-state index in [0.717, 1.165) is 17.8 Å². The van der Waals surface area contributed by atoms with Gasteiger partial charge in [-0.2, -0.15) is 10.4 Å².